The molecular formula is C13H26. The summed E-state index contributed by atoms with van der Waals surface area (Å²) in [7, 11) is 0. The fraction of sp³-hybridized carbons (Fsp3) is 1.00. The highest BCUT2D eigenvalue weighted by atomic mass is 14.4. The Morgan fingerprint density at radius 3 is 2.00 bits per heavy atom. The molecule has 0 nitrogen and oxygen atoms in total. The molecule has 0 bridgehead atoms. The Balaban J connectivity index is 2.15. The summed E-state index contributed by atoms with van der Waals surface area (Å²) in [5.74, 6) is 3.96. The van der Waals surface area contributed by atoms with Crippen LogP contribution in [0.1, 0.15) is 59.8 Å². The first-order valence-corrected chi connectivity index (χ1v) is 6.11. The maximum Gasteiger partial charge on any atom is -0.0363 e. The summed E-state index contributed by atoms with van der Waals surface area (Å²) < 4.78 is 0. The summed E-state index contributed by atoms with van der Waals surface area (Å²) in [6.07, 6.45) is 7.41. The largest absolute Gasteiger partial charge is 0.0628 e. The average molecular weight is 182 g/mol. The topological polar surface area (TPSA) is 0 Å². The SMILES string of the molecule is CC(C)CCC[C@H](C(C)C)C1CC1. The van der Waals surface area contributed by atoms with Gasteiger partial charge in [-0.15, -0.1) is 0 Å². The van der Waals surface area contributed by atoms with Gasteiger partial charge in [0.05, 0.1) is 0 Å². The summed E-state index contributed by atoms with van der Waals surface area (Å²) >= 11 is 0. The Labute approximate surface area is 84.1 Å². The van der Waals surface area contributed by atoms with Crippen LogP contribution in [0, 0.1) is 23.7 Å². The lowest BCUT2D eigenvalue weighted by Crippen LogP contribution is -2.11. The summed E-state index contributed by atoms with van der Waals surface area (Å²) in [4.78, 5) is 0. The zero-order valence-corrected chi connectivity index (χ0v) is 9.84. The van der Waals surface area contributed by atoms with Crippen LogP contribution in [0.5, 0.6) is 0 Å². The molecule has 0 aromatic heterocycles. The fourth-order valence-corrected chi connectivity index (χ4v) is 2.40. The molecule has 1 saturated carbocycles. The highest BCUT2D eigenvalue weighted by molar-refractivity contribution is 4.82. The molecule has 0 saturated heterocycles. The minimum atomic E-state index is 0.895. The van der Waals surface area contributed by atoms with E-state index in [4.69, 9.17) is 0 Å². The smallest absolute Gasteiger partial charge is 0.0363 e. The maximum atomic E-state index is 2.40. The van der Waals surface area contributed by atoms with Gasteiger partial charge in [-0.2, -0.15) is 0 Å². The van der Waals surface area contributed by atoms with E-state index in [0.717, 1.165) is 23.7 Å². The van der Waals surface area contributed by atoms with Crippen molar-refractivity contribution in [3.05, 3.63) is 0 Å². The van der Waals surface area contributed by atoms with Gasteiger partial charge in [0.15, 0.2) is 0 Å². The van der Waals surface area contributed by atoms with Crippen LogP contribution in [-0.4, -0.2) is 0 Å². The van der Waals surface area contributed by atoms with E-state index >= 15 is 0 Å². The third-order valence-corrected chi connectivity index (χ3v) is 3.40. The van der Waals surface area contributed by atoms with E-state index in [-0.39, 0.29) is 0 Å². The van der Waals surface area contributed by atoms with Gasteiger partial charge in [0.25, 0.3) is 0 Å². The Kier molecular flexibility index (Phi) is 4.28. The predicted molar refractivity (Wildman–Crippen MR) is 59.7 cm³/mol. The molecule has 0 aromatic carbocycles. The normalized spacial score (nSPS) is 19.8. The molecule has 0 heteroatoms. The van der Waals surface area contributed by atoms with Crippen LogP contribution in [0.15, 0.2) is 0 Å². The van der Waals surface area contributed by atoms with Crippen LogP contribution in [-0.2, 0) is 0 Å². The molecule has 0 amide bonds. The minimum absolute atomic E-state index is 0.895. The van der Waals surface area contributed by atoms with E-state index < -0.39 is 0 Å². The van der Waals surface area contributed by atoms with Crippen molar-refractivity contribution in [2.45, 2.75) is 59.8 Å². The molecular weight excluding hydrogens is 156 g/mol. The van der Waals surface area contributed by atoms with Crippen molar-refractivity contribution in [3.8, 4) is 0 Å². The molecule has 0 aromatic rings. The Morgan fingerprint density at radius 1 is 1.00 bits per heavy atom. The van der Waals surface area contributed by atoms with Crippen molar-refractivity contribution in [2.75, 3.05) is 0 Å². The summed E-state index contributed by atoms with van der Waals surface area (Å²) in [5.41, 5.74) is 0. The van der Waals surface area contributed by atoms with Crippen LogP contribution in [0.2, 0.25) is 0 Å². The lowest BCUT2D eigenvalue weighted by atomic mass is 9.85. The summed E-state index contributed by atoms with van der Waals surface area (Å²) in [5, 5.41) is 0. The molecule has 13 heavy (non-hydrogen) atoms. The van der Waals surface area contributed by atoms with Crippen LogP contribution in [0.25, 0.3) is 0 Å². The first-order valence-electron chi connectivity index (χ1n) is 6.11. The fourth-order valence-electron chi connectivity index (χ4n) is 2.40. The maximum absolute atomic E-state index is 2.40. The second-order valence-electron chi connectivity index (χ2n) is 5.57. The lowest BCUT2D eigenvalue weighted by Gasteiger charge is -2.20. The zero-order chi connectivity index (χ0) is 9.84. The van der Waals surface area contributed by atoms with E-state index in [1.54, 1.807) is 0 Å². The molecule has 0 N–H and O–H groups in total. The third-order valence-electron chi connectivity index (χ3n) is 3.40. The number of hydrogen-bond donors (Lipinski definition) is 0. The van der Waals surface area contributed by atoms with E-state index in [2.05, 4.69) is 27.7 Å². The van der Waals surface area contributed by atoms with E-state index in [1.807, 2.05) is 0 Å². The van der Waals surface area contributed by atoms with Crippen LogP contribution in [0.3, 0.4) is 0 Å². The lowest BCUT2D eigenvalue weighted by molar-refractivity contribution is 0.301. The third kappa shape index (κ3) is 4.15. The van der Waals surface area contributed by atoms with E-state index in [9.17, 15) is 0 Å². The monoisotopic (exact) mass is 182 g/mol. The van der Waals surface area contributed by atoms with Crippen LogP contribution < -0.4 is 0 Å². The molecule has 1 aliphatic rings. The Morgan fingerprint density at radius 2 is 1.62 bits per heavy atom. The molecule has 78 valence electrons. The minimum Gasteiger partial charge on any atom is -0.0628 e. The predicted octanol–water partition coefficient (Wildman–Crippen LogP) is 4.49. The van der Waals surface area contributed by atoms with Gasteiger partial charge >= 0.3 is 0 Å². The van der Waals surface area contributed by atoms with Crippen molar-refractivity contribution in [1.82, 2.24) is 0 Å². The van der Waals surface area contributed by atoms with Crippen molar-refractivity contribution >= 4 is 0 Å². The first-order chi connectivity index (χ1) is 6.11. The quantitative estimate of drug-likeness (QED) is 0.567. The second-order valence-corrected chi connectivity index (χ2v) is 5.57. The zero-order valence-electron chi connectivity index (χ0n) is 9.84. The Bertz CT molecular complexity index is 129. The van der Waals surface area contributed by atoms with Crippen molar-refractivity contribution in [3.63, 3.8) is 0 Å². The van der Waals surface area contributed by atoms with Gasteiger partial charge in [-0.05, 0) is 42.9 Å². The highest BCUT2D eigenvalue weighted by Crippen LogP contribution is 2.43. The molecule has 0 heterocycles. The van der Waals surface area contributed by atoms with Gasteiger partial charge in [-0.1, -0.05) is 40.5 Å². The molecule has 0 spiro atoms. The second kappa shape index (κ2) is 5.02. The van der Waals surface area contributed by atoms with E-state index in [1.165, 1.54) is 32.1 Å². The highest BCUT2D eigenvalue weighted by Gasteiger charge is 2.32. The van der Waals surface area contributed by atoms with Crippen molar-refractivity contribution < 1.29 is 0 Å². The average Bonchev–Trinajstić information content (AvgIpc) is 2.79. The van der Waals surface area contributed by atoms with Crippen molar-refractivity contribution in [1.29, 1.82) is 0 Å². The Hall–Kier alpha value is 0. The van der Waals surface area contributed by atoms with Crippen molar-refractivity contribution in [2.24, 2.45) is 23.7 Å². The molecule has 0 radical (unpaired) electrons. The van der Waals surface area contributed by atoms with Crippen LogP contribution in [0.4, 0.5) is 0 Å². The molecule has 1 atom stereocenters. The number of rotatable bonds is 6. The van der Waals surface area contributed by atoms with Gasteiger partial charge < -0.3 is 0 Å². The first kappa shape index (κ1) is 11.1. The molecule has 0 aliphatic heterocycles. The van der Waals surface area contributed by atoms with Gasteiger partial charge in [0.1, 0.15) is 0 Å². The van der Waals surface area contributed by atoms with E-state index in [0.29, 0.717) is 0 Å². The number of hydrogen-bond acceptors (Lipinski definition) is 0. The van der Waals surface area contributed by atoms with Crippen LogP contribution >= 0.6 is 0 Å². The summed E-state index contributed by atoms with van der Waals surface area (Å²) in [6.45, 7) is 9.47. The van der Waals surface area contributed by atoms with Gasteiger partial charge in [0, 0.05) is 0 Å². The summed E-state index contributed by atoms with van der Waals surface area (Å²) in [6, 6.07) is 0. The van der Waals surface area contributed by atoms with Gasteiger partial charge in [0.2, 0.25) is 0 Å². The molecule has 1 aliphatic carbocycles. The van der Waals surface area contributed by atoms with Gasteiger partial charge in [-0.3, -0.25) is 0 Å². The standard InChI is InChI=1S/C13H26/c1-10(2)6-5-7-13(11(3)4)12-8-9-12/h10-13H,5-9H2,1-4H3/t13-/m1/s1. The molecule has 0 unspecified atom stereocenters. The molecule has 1 rings (SSSR count). The molecule has 1 fully saturated rings. The van der Waals surface area contributed by atoms with Gasteiger partial charge in [-0.25, -0.2) is 0 Å².